The number of carbonyl (C=O) groups is 1. The molecule has 0 saturated heterocycles. The molecule has 4 nitrogen and oxygen atoms in total. The van der Waals surface area contributed by atoms with Crippen LogP contribution in [0.2, 0.25) is 0 Å². The van der Waals surface area contributed by atoms with E-state index in [1.807, 2.05) is 42.5 Å². The summed E-state index contributed by atoms with van der Waals surface area (Å²) in [7, 11) is 0. The molecule has 0 aliphatic rings. The Morgan fingerprint density at radius 1 is 1.05 bits per heavy atom. The summed E-state index contributed by atoms with van der Waals surface area (Å²) in [4.78, 5) is 16.1. The summed E-state index contributed by atoms with van der Waals surface area (Å²) < 4.78 is 7.03. The molecule has 1 aromatic heterocycles. The van der Waals surface area contributed by atoms with Gasteiger partial charge in [0, 0.05) is 0 Å². The highest BCUT2D eigenvalue weighted by Gasteiger charge is 2.08. The molecule has 4 heteroatoms. The van der Waals surface area contributed by atoms with Crippen LogP contribution in [0.5, 0.6) is 5.75 Å². The van der Waals surface area contributed by atoms with E-state index in [1.165, 1.54) is 0 Å². The Balaban J connectivity index is 1.76. The monoisotopic (exact) mass is 252 g/mol. The Morgan fingerprint density at radius 2 is 1.79 bits per heavy atom. The molecule has 0 amide bonds. The number of nitrogens with zero attached hydrogens (tertiary/aromatic N) is 2. The van der Waals surface area contributed by atoms with Gasteiger partial charge in [-0.3, -0.25) is 0 Å². The highest BCUT2D eigenvalue weighted by molar-refractivity contribution is 5.78. The fourth-order valence-electron chi connectivity index (χ4n) is 1.93. The average molecular weight is 252 g/mol. The lowest BCUT2D eigenvalue weighted by Gasteiger charge is -2.05. The Labute approximate surface area is 110 Å². The van der Waals surface area contributed by atoms with E-state index in [1.54, 1.807) is 23.0 Å². The largest absolute Gasteiger partial charge is 0.425 e. The van der Waals surface area contributed by atoms with Gasteiger partial charge >= 0.3 is 5.97 Å². The van der Waals surface area contributed by atoms with Crippen LogP contribution < -0.4 is 4.74 Å². The topological polar surface area (TPSA) is 44.1 Å². The van der Waals surface area contributed by atoms with E-state index in [9.17, 15) is 4.79 Å². The van der Waals surface area contributed by atoms with E-state index in [2.05, 4.69) is 4.98 Å². The van der Waals surface area contributed by atoms with Crippen molar-refractivity contribution in [2.75, 3.05) is 0 Å². The van der Waals surface area contributed by atoms with Crippen molar-refractivity contribution in [2.45, 2.75) is 6.54 Å². The molecule has 0 aliphatic heterocycles. The first kappa shape index (κ1) is 11.5. The standard InChI is InChI=1S/C15H12N2O2/c18-15(19-12-6-2-1-3-7-12)10-17-11-16-13-8-4-5-9-14(13)17/h1-9,11H,10H2. The highest BCUT2D eigenvalue weighted by atomic mass is 16.5. The minimum absolute atomic E-state index is 0.148. The minimum atomic E-state index is -0.311. The van der Waals surface area contributed by atoms with Crippen LogP contribution in [0.4, 0.5) is 0 Å². The summed E-state index contributed by atoms with van der Waals surface area (Å²) in [6, 6.07) is 16.7. The summed E-state index contributed by atoms with van der Waals surface area (Å²) in [6.45, 7) is 0.148. The lowest BCUT2D eigenvalue weighted by molar-refractivity contribution is -0.134. The van der Waals surface area contributed by atoms with E-state index in [0.717, 1.165) is 11.0 Å². The van der Waals surface area contributed by atoms with Gasteiger partial charge in [0.05, 0.1) is 17.4 Å². The van der Waals surface area contributed by atoms with Crippen molar-refractivity contribution in [3.05, 3.63) is 60.9 Å². The quantitative estimate of drug-likeness (QED) is 0.531. The Bertz CT molecular complexity index is 704. The Hall–Kier alpha value is -2.62. The molecule has 0 aliphatic carbocycles. The van der Waals surface area contributed by atoms with Crippen LogP contribution in [0.15, 0.2) is 60.9 Å². The number of hydrogen-bond donors (Lipinski definition) is 0. The van der Waals surface area contributed by atoms with Gasteiger partial charge in [0.2, 0.25) is 0 Å². The number of imidazole rings is 1. The molecule has 0 fully saturated rings. The van der Waals surface area contributed by atoms with E-state index in [4.69, 9.17) is 4.74 Å². The summed E-state index contributed by atoms with van der Waals surface area (Å²) in [5, 5.41) is 0. The van der Waals surface area contributed by atoms with Crippen LogP contribution in [-0.4, -0.2) is 15.5 Å². The summed E-state index contributed by atoms with van der Waals surface area (Å²) in [5.74, 6) is 0.242. The Kier molecular flexibility index (Phi) is 2.98. The molecule has 0 radical (unpaired) electrons. The lowest BCUT2D eigenvalue weighted by atomic mass is 10.3. The second kappa shape index (κ2) is 4.94. The first-order valence-electron chi connectivity index (χ1n) is 5.98. The van der Waals surface area contributed by atoms with Crippen LogP contribution in [0.1, 0.15) is 0 Å². The molecule has 0 spiro atoms. The smallest absolute Gasteiger partial charge is 0.331 e. The third-order valence-electron chi connectivity index (χ3n) is 2.80. The van der Waals surface area contributed by atoms with Crippen LogP contribution in [-0.2, 0) is 11.3 Å². The number of carbonyl (C=O) groups excluding carboxylic acids is 1. The summed E-state index contributed by atoms with van der Waals surface area (Å²) in [6.07, 6.45) is 1.65. The van der Waals surface area contributed by atoms with Gasteiger partial charge in [-0.2, -0.15) is 0 Å². The number of benzene rings is 2. The van der Waals surface area contributed by atoms with Crippen molar-refractivity contribution in [1.82, 2.24) is 9.55 Å². The number of rotatable bonds is 3. The molecule has 0 N–H and O–H groups in total. The fourth-order valence-corrected chi connectivity index (χ4v) is 1.93. The molecule has 0 atom stereocenters. The second-order valence-corrected chi connectivity index (χ2v) is 4.15. The number of hydrogen-bond acceptors (Lipinski definition) is 3. The molecular weight excluding hydrogens is 240 g/mol. The van der Waals surface area contributed by atoms with Gasteiger partial charge in [0.25, 0.3) is 0 Å². The Morgan fingerprint density at radius 3 is 2.63 bits per heavy atom. The number of esters is 1. The molecule has 3 aromatic rings. The molecule has 1 heterocycles. The van der Waals surface area contributed by atoms with Gasteiger partial charge in [-0.15, -0.1) is 0 Å². The second-order valence-electron chi connectivity index (χ2n) is 4.15. The maximum Gasteiger partial charge on any atom is 0.331 e. The maximum absolute atomic E-state index is 11.9. The van der Waals surface area contributed by atoms with Crippen LogP contribution in [0, 0.1) is 0 Å². The first-order chi connectivity index (χ1) is 9.33. The molecule has 3 rings (SSSR count). The molecule has 94 valence electrons. The van der Waals surface area contributed by atoms with Crippen molar-refractivity contribution in [1.29, 1.82) is 0 Å². The van der Waals surface area contributed by atoms with Crippen LogP contribution >= 0.6 is 0 Å². The molecule has 19 heavy (non-hydrogen) atoms. The summed E-state index contributed by atoms with van der Waals surface area (Å²) in [5.41, 5.74) is 1.79. The van der Waals surface area contributed by atoms with Crippen LogP contribution in [0.25, 0.3) is 11.0 Å². The zero-order chi connectivity index (χ0) is 13.1. The van der Waals surface area contributed by atoms with Crippen molar-refractivity contribution < 1.29 is 9.53 Å². The van der Waals surface area contributed by atoms with Gasteiger partial charge in [-0.05, 0) is 24.3 Å². The van der Waals surface area contributed by atoms with Crippen LogP contribution in [0.3, 0.4) is 0 Å². The van der Waals surface area contributed by atoms with E-state index < -0.39 is 0 Å². The molecule has 2 aromatic carbocycles. The third-order valence-corrected chi connectivity index (χ3v) is 2.80. The van der Waals surface area contributed by atoms with Gasteiger partial charge in [-0.25, -0.2) is 9.78 Å². The fraction of sp³-hybridized carbons (Fsp3) is 0.0667. The summed E-state index contributed by atoms with van der Waals surface area (Å²) >= 11 is 0. The lowest BCUT2D eigenvalue weighted by Crippen LogP contribution is -2.15. The number of fused-ring (bicyclic) bond motifs is 1. The van der Waals surface area contributed by atoms with E-state index in [-0.39, 0.29) is 12.5 Å². The number of ether oxygens (including phenoxy) is 1. The maximum atomic E-state index is 11.9. The predicted octanol–water partition coefficient (Wildman–Crippen LogP) is 2.64. The van der Waals surface area contributed by atoms with Gasteiger partial charge in [-0.1, -0.05) is 30.3 Å². The van der Waals surface area contributed by atoms with Gasteiger partial charge in [0.1, 0.15) is 12.3 Å². The minimum Gasteiger partial charge on any atom is -0.425 e. The van der Waals surface area contributed by atoms with Gasteiger partial charge < -0.3 is 9.30 Å². The SMILES string of the molecule is O=C(Cn1cnc2ccccc21)Oc1ccccc1. The number of para-hydroxylation sites is 3. The van der Waals surface area contributed by atoms with E-state index in [0.29, 0.717) is 5.75 Å². The zero-order valence-electron chi connectivity index (χ0n) is 10.2. The predicted molar refractivity (Wildman–Crippen MR) is 71.8 cm³/mol. The zero-order valence-corrected chi connectivity index (χ0v) is 10.2. The number of aromatic nitrogens is 2. The highest BCUT2D eigenvalue weighted by Crippen LogP contribution is 2.13. The average Bonchev–Trinajstić information content (AvgIpc) is 2.83. The molecular formula is C15H12N2O2. The molecule has 0 bridgehead atoms. The third kappa shape index (κ3) is 2.47. The molecule has 0 unspecified atom stereocenters. The van der Waals surface area contributed by atoms with Crippen molar-refractivity contribution in [3.63, 3.8) is 0 Å². The molecule has 0 saturated carbocycles. The van der Waals surface area contributed by atoms with E-state index >= 15 is 0 Å². The van der Waals surface area contributed by atoms with Crippen molar-refractivity contribution in [2.24, 2.45) is 0 Å². The van der Waals surface area contributed by atoms with Gasteiger partial charge in [0.15, 0.2) is 0 Å². The van der Waals surface area contributed by atoms with Crippen molar-refractivity contribution >= 4 is 17.0 Å². The van der Waals surface area contributed by atoms with Crippen molar-refractivity contribution in [3.8, 4) is 5.75 Å². The normalized spacial score (nSPS) is 10.5. The first-order valence-corrected chi connectivity index (χ1v) is 5.98.